The molecule has 1 aromatic heterocycles. The number of sulfonamides is 1. The van der Waals surface area contributed by atoms with Crippen molar-refractivity contribution in [3.8, 4) is 0 Å². The lowest BCUT2D eigenvalue weighted by molar-refractivity contribution is 0.263. The fraction of sp³-hybridized carbons (Fsp3) is 0.714. The van der Waals surface area contributed by atoms with E-state index in [2.05, 4.69) is 15.3 Å². The number of nitrogens with one attached hydrogen (secondary N) is 1. The molecule has 0 saturated carbocycles. The summed E-state index contributed by atoms with van der Waals surface area (Å²) >= 11 is 0. The van der Waals surface area contributed by atoms with E-state index >= 15 is 0 Å². The Kier molecular flexibility index (Phi) is 6.08. The number of piperidine rings is 1. The van der Waals surface area contributed by atoms with Crippen LogP contribution in [0.2, 0.25) is 0 Å². The van der Waals surface area contributed by atoms with Crippen LogP contribution in [0.5, 0.6) is 0 Å². The van der Waals surface area contributed by atoms with Gasteiger partial charge in [-0.15, -0.1) is 0 Å². The van der Waals surface area contributed by atoms with Gasteiger partial charge in [0.05, 0.1) is 11.4 Å². The lowest BCUT2D eigenvalue weighted by atomic mass is 10.1. The molecule has 0 radical (unpaired) electrons. The molecule has 1 fully saturated rings. The van der Waals surface area contributed by atoms with Crippen LogP contribution in [0.25, 0.3) is 0 Å². The average Bonchev–Trinajstić information content (AvgIpc) is 2.49. The van der Waals surface area contributed by atoms with Crippen LogP contribution in [-0.4, -0.2) is 54.1 Å². The summed E-state index contributed by atoms with van der Waals surface area (Å²) in [5, 5.41) is 3.28. The first-order valence-electron chi connectivity index (χ1n) is 7.58. The summed E-state index contributed by atoms with van der Waals surface area (Å²) < 4.78 is 26.7. The Balaban J connectivity index is 2.07. The van der Waals surface area contributed by atoms with Crippen LogP contribution in [-0.2, 0) is 16.4 Å². The first-order chi connectivity index (χ1) is 10.1. The van der Waals surface area contributed by atoms with Crippen LogP contribution in [0.1, 0.15) is 31.9 Å². The molecule has 1 aliphatic rings. The molecule has 0 amide bonds. The molecule has 0 atom stereocenters. The smallest absolute Gasteiger partial charge is 0.214 e. The normalized spacial score (nSPS) is 17.2. The van der Waals surface area contributed by atoms with Crippen molar-refractivity contribution < 1.29 is 8.42 Å². The van der Waals surface area contributed by atoms with E-state index in [-0.39, 0.29) is 11.8 Å². The van der Waals surface area contributed by atoms with Crippen molar-refractivity contribution in [1.29, 1.82) is 0 Å². The Morgan fingerprint density at radius 3 is 2.71 bits per heavy atom. The highest BCUT2D eigenvalue weighted by Gasteiger charge is 2.30. The minimum atomic E-state index is -3.18. The second-order valence-electron chi connectivity index (χ2n) is 5.35. The van der Waals surface area contributed by atoms with E-state index in [1.165, 1.54) is 0 Å². The van der Waals surface area contributed by atoms with Gasteiger partial charge < -0.3 is 5.32 Å². The third-order valence-electron chi connectivity index (χ3n) is 3.74. The van der Waals surface area contributed by atoms with Crippen LogP contribution in [0.4, 0.5) is 0 Å². The summed E-state index contributed by atoms with van der Waals surface area (Å²) in [7, 11) is -3.18. The third-order valence-corrected chi connectivity index (χ3v) is 5.86. The summed E-state index contributed by atoms with van der Waals surface area (Å²) in [5.41, 5.74) is 0.836. The summed E-state index contributed by atoms with van der Waals surface area (Å²) in [6.07, 6.45) is 7.99. The molecule has 2 heterocycles. The molecule has 0 aliphatic carbocycles. The van der Waals surface area contributed by atoms with Crippen LogP contribution in [0.3, 0.4) is 0 Å². The molecule has 1 aliphatic heterocycles. The van der Waals surface area contributed by atoms with Crippen LogP contribution >= 0.6 is 0 Å². The number of hydrogen-bond acceptors (Lipinski definition) is 5. The molecular formula is C14H24N4O2S. The second kappa shape index (κ2) is 7.82. The topological polar surface area (TPSA) is 75.2 Å². The van der Waals surface area contributed by atoms with Crippen molar-refractivity contribution in [3.63, 3.8) is 0 Å². The van der Waals surface area contributed by atoms with Crippen LogP contribution in [0, 0.1) is 0 Å². The first kappa shape index (κ1) is 16.3. The maximum Gasteiger partial charge on any atom is 0.214 e. The highest BCUT2D eigenvalue weighted by molar-refractivity contribution is 7.89. The Hall–Kier alpha value is -1.05. The summed E-state index contributed by atoms with van der Waals surface area (Å²) in [6, 6.07) is 0.111. The average molecular weight is 312 g/mol. The van der Waals surface area contributed by atoms with E-state index in [0.717, 1.165) is 31.6 Å². The van der Waals surface area contributed by atoms with Crippen molar-refractivity contribution >= 4 is 10.0 Å². The molecule has 0 aromatic carbocycles. The maximum absolute atomic E-state index is 12.5. The van der Waals surface area contributed by atoms with E-state index < -0.39 is 10.0 Å². The van der Waals surface area contributed by atoms with Crippen molar-refractivity contribution in [2.75, 3.05) is 25.4 Å². The van der Waals surface area contributed by atoms with Crippen molar-refractivity contribution in [2.24, 2.45) is 0 Å². The number of hydrogen-bond donors (Lipinski definition) is 1. The zero-order chi connectivity index (χ0) is 15.1. The lowest BCUT2D eigenvalue weighted by Crippen LogP contribution is -2.47. The molecule has 2 rings (SSSR count). The van der Waals surface area contributed by atoms with Gasteiger partial charge in [0.15, 0.2) is 0 Å². The first-order valence-corrected chi connectivity index (χ1v) is 9.19. The molecular weight excluding hydrogens is 288 g/mol. The Morgan fingerprint density at radius 2 is 2.10 bits per heavy atom. The van der Waals surface area contributed by atoms with Gasteiger partial charge >= 0.3 is 0 Å². The molecule has 21 heavy (non-hydrogen) atoms. The number of aromatic nitrogens is 2. The Bertz CT molecular complexity index is 515. The minimum Gasteiger partial charge on any atom is -0.317 e. The fourth-order valence-corrected chi connectivity index (χ4v) is 4.49. The van der Waals surface area contributed by atoms with Gasteiger partial charge in [0.1, 0.15) is 0 Å². The standard InChI is InChI=1S/C14H24N4O2S/c1-2-11-21(19,20)18(14-3-6-15-7-4-14)10-5-13-12-16-8-9-17-13/h8-9,12,14-15H,2-7,10-11H2,1H3. The molecule has 0 unspecified atom stereocenters. The number of nitrogens with zero attached hydrogens (tertiary/aromatic N) is 3. The summed E-state index contributed by atoms with van der Waals surface area (Å²) in [4.78, 5) is 8.26. The van der Waals surface area contributed by atoms with Gasteiger partial charge in [-0.25, -0.2) is 8.42 Å². The third kappa shape index (κ3) is 4.72. The lowest BCUT2D eigenvalue weighted by Gasteiger charge is -2.33. The van der Waals surface area contributed by atoms with Gasteiger partial charge in [-0.3, -0.25) is 9.97 Å². The summed E-state index contributed by atoms with van der Waals surface area (Å²) in [5.74, 6) is 0.220. The van der Waals surface area contributed by atoms with Crippen molar-refractivity contribution in [1.82, 2.24) is 19.6 Å². The van der Waals surface area contributed by atoms with E-state index in [0.29, 0.717) is 19.4 Å². The molecule has 6 nitrogen and oxygen atoms in total. The van der Waals surface area contributed by atoms with E-state index in [1.807, 2.05) is 6.92 Å². The molecule has 1 aromatic rings. The van der Waals surface area contributed by atoms with Crippen molar-refractivity contribution in [3.05, 3.63) is 24.3 Å². The van der Waals surface area contributed by atoms with Gasteiger partial charge in [-0.05, 0) is 32.4 Å². The molecule has 0 bridgehead atoms. The van der Waals surface area contributed by atoms with Gasteiger partial charge in [0.25, 0.3) is 0 Å². The monoisotopic (exact) mass is 312 g/mol. The number of rotatable bonds is 7. The fourth-order valence-electron chi connectivity index (χ4n) is 2.70. The SMILES string of the molecule is CCCS(=O)(=O)N(CCc1cnccn1)C1CCNCC1. The van der Waals surface area contributed by atoms with Gasteiger partial charge in [0.2, 0.25) is 10.0 Å². The van der Waals surface area contributed by atoms with Gasteiger partial charge in [0, 0.05) is 37.6 Å². The zero-order valence-electron chi connectivity index (χ0n) is 12.5. The quantitative estimate of drug-likeness (QED) is 0.806. The predicted octanol–water partition coefficient (Wildman–Crippen LogP) is 0.813. The van der Waals surface area contributed by atoms with Crippen LogP contribution < -0.4 is 5.32 Å². The predicted molar refractivity (Wildman–Crippen MR) is 82.4 cm³/mol. The van der Waals surface area contributed by atoms with Crippen LogP contribution in [0.15, 0.2) is 18.6 Å². The largest absolute Gasteiger partial charge is 0.317 e. The highest BCUT2D eigenvalue weighted by atomic mass is 32.2. The molecule has 1 N–H and O–H groups in total. The maximum atomic E-state index is 12.5. The Morgan fingerprint density at radius 1 is 1.33 bits per heavy atom. The summed E-state index contributed by atoms with van der Waals surface area (Å²) in [6.45, 7) is 4.16. The van der Waals surface area contributed by atoms with Crippen molar-refractivity contribution in [2.45, 2.75) is 38.6 Å². The second-order valence-corrected chi connectivity index (χ2v) is 7.40. The van der Waals surface area contributed by atoms with Gasteiger partial charge in [-0.2, -0.15) is 4.31 Å². The van der Waals surface area contributed by atoms with E-state index in [9.17, 15) is 8.42 Å². The molecule has 0 spiro atoms. The molecule has 118 valence electrons. The van der Waals surface area contributed by atoms with E-state index in [4.69, 9.17) is 0 Å². The zero-order valence-corrected chi connectivity index (χ0v) is 13.3. The van der Waals surface area contributed by atoms with Gasteiger partial charge in [-0.1, -0.05) is 6.92 Å². The highest BCUT2D eigenvalue weighted by Crippen LogP contribution is 2.18. The Labute approximate surface area is 127 Å². The molecule has 7 heteroatoms. The van der Waals surface area contributed by atoms with E-state index in [1.54, 1.807) is 22.9 Å². The molecule has 1 saturated heterocycles. The minimum absolute atomic E-state index is 0.111.